The summed E-state index contributed by atoms with van der Waals surface area (Å²) in [6.07, 6.45) is 4.16. The molecule has 7 heteroatoms. The van der Waals surface area contributed by atoms with E-state index in [0.717, 1.165) is 62.9 Å². The molecule has 0 saturated carbocycles. The van der Waals surface area contributed by atoms with Crippen LogP contribution in [0.2, 0.25) is 5.02 Å². The van der Waals surface area contributed by atoms with Gasteiger partial charge in [0.05, 0.1) is 10.3 Å². The molecule has 5 nitrogen and oxygen atoms in total. The number of carbonyl (C=O) groups excluding carboxylic acids is 1. The number of nitrogens with zero attached hydrogens (tertiary/aromatic N) is 4. The zero-order valence-corrected chi connectivity index (χ0v) is 19.7. The summed E-state index contributed by atoms with van der Waals surface area (Å²) in [4.78, 5) is 25.5. The normalized spacial score (nSPS) is 21.2. The van der Waals surface area contributed by atoms with Gasteiger partial charge in [0.2, 0.25) is 5.91 Å². The van der Waals surface area contributed by atoms with Crippen molar-refractivity contribution < 1.29 is 4.79 Å². The number of carbonyl (C=O) groups is 1. The number of aromatic nitrogens is 1. The van der Waals surface area contributed by atoms with Gasteiger partial charge in [0.1, 0.15) is 5.82 Å². The molecule has 3 heterocycles. The zero-order chi connectivity index (χ0) is 21.6. The van der Waals surface area contributed by atoms with Crippen LogP contribution in [0, 0.1) is 5.92 Å². The van der Waals surface area contributed by atoms with Gasteiger partial charge in [-0.3, -0.25) is 9.69 Å². The molecule has 2 unspecified atom stereocenters. The van der Waals surface area contributed by atoms with Gasteiger partial charge in [-0.2, -0.15) is 0 Å². The van der Waals surface area contributed by atoms with Crippen molar-refractivity contribution in [1.82, 2.24) is 14.8 Å². The fraction of sp³-hybridized carbons (Fsp3) is 0.500. The average Bonchev–Trinajstić information content (AvgIpc) is 2.81. The number of amides is 1. The van der Waals surface area contributed by atoms with Crippen LogP contribution in [0.4, 0.5) is 5.82 Å². The molecule has 2 saturated heterocycles. The third kappa shape index (κ3) is 5.93. The molecule has 0 spiro atoms. The van der Waals surface area contributed by atoms with Crippen molar-refractivity contribution in [3.63, 3.8) is 0 Å². The standard InChI is InChI=1S/C24H31ClN4OS/c1-19(31-22-9-3-2-8-21(22)25)24(30)29-12-6-7-20(18-29)17-27-13-15-28(16-14-27)23-10-4-5-11-26-23/h2-5,8-11,19-20H,6-7,12-18H2,1H3. The van der Waals surface area contributed by atoms with E-state index < -0.39 is 0 Å². The van der Waals surface area contributed by atoms with Crippen LogP contribution in [0.1, 0.15) is 19.8 Å². The highest BCUT2D eigenvalue weighted by Gasteiger charge is 2.29. The van der Waals surface area contributed by atoms with E-state index in [9.17, 15) is 4.79 Å². The first-order valence-electron chi connectivity index (χ1n) is 11.2. The minimum absolute atomic E-state index is 0.124. The molecule has 31 heavy (non-hydrogen) atoms. The Bertz CT molecular complexity index is 860. The molecule has 166 valence electrons. The van der Waals surface area contributed by atoms with Crippen LogP contribution in [0.3, 0.4) is 0 Å². The molecule has 1 amide bonds. The molecule has 4 rings (SSSR count). The predicted octanol–water partition coefficient (Wildman–Crippen LogP) is 4.28. The number of likely N-dealkylation sites (tertiary alicyclic amines) is 1. The first kappa shape index (κ1) is 22.4. The molecule has 2 atom stereocenters. The monoisotopic (exact) mass is 458 g/mol. The molecule has 0 aliphatic carbocycles. The van der Waals surface area contributed by atoms with E-state index in [0.29, 0.717) is 10.9 Å². The number of piperazine rings is 1. The fourth-order valence-electron chi connectivity index (χ4n) is 4.52. The number of hydrogen-bond acceptors (Lipinski definition) is 5. The molecule has 0 bridgehead atoms. The maximum Gasteiger partial charge on any atom is 0.235 e. The summed E-state index contributed by atoms with van der Waals surface area (Å²) in [7, 11) is 0. The van der Waals surface area contributed by atoms with Crippen LogP contribution in [0.25, 0.3) is 0 Å². The van der Waals surface area contributed by atoms with Gasteiger partial charge in [-0.15, -0.1) is 11.8 Å². The Kier molecular flexibility index (Phi) is 7.75. The maximum atomic E-state index is 13.1. The molecular weight excluding hydrogens is 428 g/mol. The van der Waals surface area contributed by atoms with E-state index in [1.54, 1.807) is 11.8 Å². The maximum absolute atomic E-state index is 13.1. The van der Waals surface area contributed by atoms with Crippen molar-refractivity contribution in [2.45, 2.75) is 29.9 Å². The number of anilines is 1. The van der Waals surface area contributed by atoms with E-state index in [1.165, 1.54) is 6.42 Å². The summed E-state index contributed by atoms with van der Waals surface area (Å²) in [5.74, 6) is 1.85. The van der Waals surface area contributed by atoms with Gasteiger partial charge in [0.25, 0.3) is 0 Å². The van der Waals surface area contributed by atoms with E-state index >= 15 is 0 Å². The van der Waals surface area contributed by atoms with Gasteiger partial charge in [-0.25, -0.2) is 4.98 Å². The summed E-state index contributed by atoms with van der Waals surface area (Å²) in [6, 6.07) is 13.9. The van der Waals surface area contributed by atoms with Gasteiger partial charge in [0.15, 0.2) is 0 Å². The lowest BCUT2D eigenvalue weighted by Crippen LogP contribution is -2.51. The second-order valence-corrected chi connectivity index (χ2v) is 10.2. The van der Waals surface area contributed by atoms with Gasteiger partial charge in [0, 0.05) is 56.9 Å². The Morgan fingerprint density at radius 3 is 2.65 bits per heavy atom. The summed E-state index contributed by atoms with van der Waals surface area (Å²) in [6.45, 7) is 8.95. The summed E-state index contributed by atoms with van der Waals surface area (Å²) in [5, 5.41) is 0.592. The Balaban J connectivity index is 1.26. The van der Waals surface area contributed by atoms with Gasteiger partial charge in [-0.1, -0.05) is 29.8 Å². The smallest absolute Gasteiger partial charge is 0.235 e. The van der Waals surface area contributed by atoms with Crippen molar-refractivity contribution in [3.05, 3.63) is 53.7 Å². The third-order valence-corrected chi connectivity index (χ3v) is 7.79. The summed E-state index contributed by atoms with van der Waals surface area (Å²) >= 11 is 7.84. The van der Waals surface area contributed by atoms with Crippen LogP contribution in [0.5, 0.6) is 0 Å². The van der Waals surface area contributed by atoms with Crippen LogP contribution in [-0.2, 0) is 4.79 Å². The SMILES string of the molecule is CC(Sc1ccccc1Cl)C(=O)N1CCCC(CN2CCN(c3ccccn3)CC2)C1. The Morgan fingerprint density at radius 2 is 1.90 bits per heavy atom. The predicted molar refractivity (Wildman–Crippen MR) is 129 cm³/mol. The lowest BCUT2D eigenvalue weighted by Gasteiger charge is -2.40. The fourth-order valence-corrected chi connectivity index (χ4v) is 5.76. The minimum Gasteiger partial charge on any atom is -0.354 e. The second kappa shape index (κ2) is 10.7. The Labute approximate surface area is 194 Å². The highest BCUT2D eigenvalue weighted by Crippen LogP contribution is 2.31. The van der Waals surface area contributed by atoms with Crippen LogP contribution in [-0.4, -0.2) is 71.8 Å². The summed E-state index contributed by atoms with van der Waals surface area (Å²) < 4.78 is 0. The topological polar surface area (TPSA) is 39.7 Å². The van der Waals surface area contributed by atoms with Crippen molar-refractivity contribution in [2.75, 3.05) is 50.7 Å². The third-order valence-electron chi connectivity index (χ3n) is 6.18. The molecule has 0 radical (unpaired) electrons. The Morgan fingerprint density at radius 1 is 1.13 bits per heavy atom. The number of rotatable bonds is 6. The highest BCUT2D eigenvalue weighted by atomic mass is 35.5. The number of pyridine rings is 1. The van der Waals surface area contributed by atoms with Crippen molar-refractivity contribution in [3.8, 4) is 0 Å². The van der Waals surface area contributed by atoms with E-state index in [-0.39, 0.29) is 11.2 Å². The van der Waals surface area contributed by atoms with Crippen molar-refractivity contribution in [2.24, 2.45) is 5.92 Å². The number of hydrogen-bond donors (Lipinski definition) is 0. The number of halogens is 1. The van der Waals surface area contributed by atoms with Gasteiger partial charge < -0.3 is 9.80 Å². The first-order chi connectivity index (χ1) is 15.1. The number of thioether (sulfide) groups is 1. The first-order valence-corrected chi connectivity index (χ1v) is 12.4. The molecule has 2 aliphatic heterocycles. The van der Waals surface area contributed by atoms with Gasteiger partial charge >= 0.3 is 0 Å². The van der Waals surface area contributed by atoms with Crippen LogP contribution >= 0.6 is 23.4 Å². The molecule has 0 N–H and O–H groups in total. The molecule has 1 aromatic heterocycles. The molecule has 2 aliphatic rings. The summed E-state index contributed by atoms with van der Waals surface area (Å²) in [5.41, 5.74) is 0. The molecule has 2 fully saturated rings. The second-order valence-electron chi connectivity index (χ2n) is 8.46. The zero-order valence-electron chi connectivity index (χ0n) is 18.1. The number of piperidine rings is 1. The lowest BCUT2D eigenvalue weighted by molar-refractivity contribution is -0.132. The van der Waals surface area contributed by atoms with Crippen LogP contribution in [0.15, 0.2) is 53.6 Å². The minimum atomic E-state index is -0.124. The average molecular weight is 459 g/mol. The van der Waals surface area contributed by atoms with E-state index in [4.69, 9.17) is 11.6 Å². The molecule has 1 aromatic carbocycles. The van der Waals surface area contributed by atoms with E-state index in [2.05, 4.69) is 25.8 Å². The number of benzene rings is 1. The van der Waals surface area contributed by atoms with Gasteiger partial charge in [-0.05, 0) is 49.9 Å². The van der Waals surface area contributed by atoms with Crippen molar-refractivity contribution >= 4 is 35.1 Å². The molecule has 2 aromatic rings. The quantitative estimate of drug-likeness (QED) is 0.604. The van der Waals surface area contributed by atoms with Crippen molar-refractivity contribution in [1.29, 1.82) is 0 Å². The largest absolute Gasteiger partial charge is 0.354 e. The van der Waals surface area contributed by atoms with E-state index in [1.807, 2.05) is 49.5 Å². The lowest BCUT2D eigenvalue weighted by atomic mass is 9.97. The Hall–Kier alpha value is -1.76. The molecular formula is C24H31ClN4OS. The van der Waals surface area contributed by atoms with Crippen LogP contribution < -0.4 is 4.90 Å². The highest BCUT2D eigenvalue weighted by molar-refractivity contribution is 8.00.